The van der Waals surface area contributed by atoms with Gasteiger partial charge in [-0.25, -0.2) is 0 Å². The van der Waals surface area contributed by atoms with Crippen molar-refractivity contribution in [2.75, 3.05) is 6.54 Å². The minimum absolute atomic E-state index is 0.0269. The van der Waals surface area contributed by atoms with Crippen LogP contribution >= 0.6 is 11.6 Å². The van der Waals surface area contributed by atoms with E-state index in [1.807, 2.05) is 35.9 Å². The fourth-order valence-electron chi connectivity index (χ4n) is 4.74. The maximum Gasteiger partial charge on any atom is 0.416 e. The monoisotopic (exact) mass is 573 g/mol. The molecule has 0 fully saturated rings. The number of hydrogen-bond donors (Lipinski definition) is 3. The molecular formula is C30H31ClF3N3O3. The van der Waals surface area contributed by atoms with Crippen LogP contribution in [0.5, 0.6) is 0 Å². The van der Waals surface area contributed by atoms with Crippen LogP contribution in [-0.4, -0.2) is 38.7 Å². The van der Waals surface area contributed by atoms with Gasteiger partial charge < -0.3 is 15.5 Å². The molecule has 212 valence electrons. The van der Waals surface area contributed by atoms with E-state index in [0.29, 0.717) is 17.0 Å². The van der Waals surface area contributed by atoms with Gasteiger partial charge >= 0.3 is 6.18 Å². The lowest BCUT2D eigenvalue weighted by Gasteiger charge is -2.22. The van der Waals surface area contributed by atoms with Crippen LogP contribution in [0.2, 0.25) is 5.02 Å². The van der Waals surface area contributed by atoms with E-state index in [4.69, 9.17) is 26.9 Å². The van der Waals surface area contributed by atoms with E-state index < -0.39 is 18.0 Å². The van der Waals surface area contributed by atoms with Crippen molar-refractivity contribution in [1.82, 2.24) is 15.1 Å². The molecule has 3 aromatic carbocycles. The first-order valence-corrected chi connectivity index (χ1v) is 13.3. The first-order chi connectivity index (χ1) is 18.8. The summed E-state index contributed by atoms with van der Waals surface area (Å²) in [4.78, 5) is 12.4. The maximum atomic E-state index is 13.1. The van der Waals surface area contributed by atoms with Gasteiger partial charge in [-0.3, -0.25) is 9.48 Å². The number of carbonyl (C=O) groups excluding carboxylic acids is 1. The second-order valence-corrected chi connectivity index (χ2v) is 10.7. The van der Waals surface area contributed by atoms with E-state index in [1.165, 1.54) is 6.07 Å². The minimum Gasteiger partial charge on any atom is -0.368 e. The Labute approximate surface area is 235 Å². The number of aryl methyl sites for hydroxylation is 1. The molecule has 4 aromatic rings. The van der Waals surface area contributed by atoms with Gasteiger partial charge in [0.2, 0.25) is 0 Å². The first-order valence-electron chi connectivity index (χ1n) is 12.9. The molecule has 0 radical (unpaired) electrons. The topological polar surface area (TPSA) is 87.4 Å². The second kappa shape index (κ2) is 12.0. The molecule has 0 aliphatic heterocycles. The Morgan fingerprint density at radius 1 is 1.05 bits per heavy atom. The van der Waals surface area contributed by atoms with Crippen molar-refractivity contribution in [1.29, 1.82) is 0 Å². The van der Waals surface area contributed by atoms with Crippen molar-refractivity contribution < 1.29 is 28.2 Å². The molecule has 0 aliphatic carbocycles. The van der Waals surface area contributed by atoms with Crippen molar-refractivity contribution in [2.24, 2.45) is 5.92 Å². The molecule has 6 nitrogen and oxygen atoms in total. The fraction of sp³-hybridized carbons (Fsp3) is 0.333. The largest absolute Gasteiger partial charge is 0.416 e. The van der Waals surface area contributed by atoms with Crippen molar-refractivity contribution in [3.63, 3.8) is 0 Å². The Hall–Kier alpha value is -3.40. The van der Waals surface area contributed by atoms with Crippen LogP contribution < -0.4 is 5.32 Å². The number of carbonyl (C=O) groups is 1. The number of aromatic nitrogens is 2. The fourth-order valence-corrected chi connectivity index (χ4v) is 5.03. The molecule has 0 bridgehead atoms. The van der Waals surface area contributed by atoms with Crippen LogP contribution in [0.3, 0.4) is 0 Å². The Bertz CT molecular complexity index is 1500. The lowest BCUT2D eigenvalue weighted by molar-refractivity contribution is -0.137. The van der Waals surface area contributed by atoms with E-state index in [-0.39, 0.29) is 29.9 Å². The molecule has 0 spiro atoms. The number of alkyl halides is 3. The third-order valence-corrected chi connectivity index (χ3v) is 7.08. The van der Waals surface area contributed by atoms with Crippen LogP contribution in [0.15, 0.2) is 60.8 Å². The third-order valence-electron chi connectivity index (χ3n) is 6.76. The number of aliphatic hydroxyl groups is 2. The molecule has 0 saturated heterocycles. The van der Waals surface area contributed by atoms with Crippen LogP contribution in [-0.2, 0) is 6.18 Å². The second-order valence-electron chi connectivity index (χ2n) is 10.3. The lowest BCUT2D eigenvalue weighted by Crippen LogP contribution is -2.27. The number of halogens is 4. The van der Waals surface area contributed by atoms with Gasteiger partial charge in [0.1, 0.15) is 0 Å². The predicted molar refractivity (Wildman–Crippen MR) is 149 cm³/mol. The first kappa shape index (κ1) is 29.6. The number of rotatable bonds is 9. The standard InChI is InChI=1S/C30H31ClF3N3O3/c1-17(2)12-26(19-4-6-20(7-5-19)29(40)35-11-10-28(38)39)37-27-13-18(3)24(14-21(27)16-36-37)23-9-8-22(15-25(23)31)30(32,33)34/h4-9,13-17,26,28,38-39H,10-12H2,1-3H3,(H,35,40)/t26-/m0/s1. The molecule has 0 unspecified atom stereocenters. The number of fused-ring (bicyclic) bond motifs is 1. The highest BCUT2D eigenvalue weighted by Gasteiger charge is 2.31. The highest BCUT2D eigenvalue weighted by molar-refractivity contribution is 6.33. The highest BCUT2D eigenvalue weighted by Crippen LogP contribution is 2.38. The quantitative estimate of drug-likeness (QED) is 0.193. The number of amides is 1. The zero-order valence-corrected chi connectivity index (χ0v) is 23.1. The molecule has 4 rings (SSSR count). The number of aliphatic hydroxyl groups excluding tert-OH is 1. The zero-order chi connectivity index (χ0) is 29.2. The summed E-state index contributed by atoms with van der Waals surface area (Å²) in [5.74, 6) is 0.0330. The molecule has 1 amide bonds. The van der Waals surface area contributed by atoms with E-state index in [0.717, 1.165) is 46.1 Å². The summed E-state index contributed by atoms with van der Waals surface area (Å²) in [6.45, 7) is 6.27. The number of nitrogens with zero attached hydrogens (tertiary/aromatic N) is 2. The minimum atomic E-state index is -4.47. The van der Waals surface area contributed by atoms with Gasteiger partial charge in [-0.2, -0.15) is 18.3 Å². The molecular weight excluding hydrogens is 543 g/mol. The van der Waals surface area contributed by atoms with Gasteiger partial charge in [0.05, 0.1) is 23.3 Å². The van der Waals surface area contributed by atoms with Crippen LogP contribution in [0.4, 0.5) is 13.2 Å². The van der Waals surface area contributed by atoms with Crippen LogP contribution in [0.1, 0.15) is 59.8 Å². The average molecular weight is 574 g/mol. The number of hydrogen-bond acceptors (Lipinski definition) is 4. The van der Waals surface area contributed by atoms with E-state index >= 15 is 0 Å². The normalized spacial score (nSPS) is 12.9. The molecule has 40 heavy (non-hydrogen) atoms. The molecule has 1 heterocycles. The van der Waals surface area contributed by atoms with Crippen molar-refractivity contribution >= 4 is 28.4 Å². The average Bonchev–Trinajstić information content (AvgIpc) is 3.28. The van der Waals surface area contributed by atoms with Gasteiger partial charge in [-0.1, -0.05) is 43.6 Å². The van der Waals surface area contributed by atoms with E-state index in [1.54, 1.807) is 18.3 Å². The van der Waals surface area contributed by atoms with Crippen LogP contribution in [0, 0.1) is 12.8 Å². The lowest BCUT2D eigenvalue weighted by atomic mass is 9.95. The molecule has 3 N–H and O–H groups in total. The highest BCUT2D eigenvalue weighted by atomic mass is 35.5. The maximum absolute atomic E-state index is 13.1. The molecule has 0 saturated carbocycles. The summed E-state index contributed by atoms with van der Waals surface area (Å²) in [5, 5.41) is 26.1. The van der Waals surface area contributed by atoms with Gasteiger partial charge in [0.25, 0.3) is 5.91 Å². The number of benzene rings is 3. The molecule has 1 aromatic heterocycles. The van der Waals surface area contributed by atoms with Crippen molar-refractivity contribution in [3.05, 3.63) is 88.1 Å². The smallest absolute Gasteiger partial charge is 0.368 e. The van der Waals surface area contributed by atoms with Gasteiger partial charge in [-0.05, 0) is 72.4 Å². The zero-order valence-electron chi connectivity index (χ0n) is 22.3. The molecule has 0 aliphatic rings. The Kier molecular flexibility index (Phi) is 8.87. The van der Waals surface area contributed by atoms with Gasteiger partial charge in [0.15, 0.2) is 6.29 Å². The Morgan fingerprint density at radius 3 is 2.35 bits per heavy atom. The van der Waals surface area contributed by atoms with Crippen LogP contribution in [0.25, 0.3) is 22.0 Å². The van der Waals surface area contributed by atoms with E-state index in [2.05, 4.69) is 19.2 Å². The summed E-state index contributed by atoms with van der Waals surface area (Å²) in [6, 6.07) is 14.4. The number of nitrogens with one attached hydrogen (secondary N) is 1. The summed E-state index contributed by atoms with van der Waals surface area (Å²) >= 11 is 6.29. The Balaban J connectivity index is 1.67. The van der Waals surface area contributed by atoms with Gasteiger partial charge in [-0.15, -0.1) is 0 Å². The van der Waals surface area contributed by atoms with Gasteiger partial charge in [0, 0.05) is 34.5 Å². The predicted octanol–water partition coefficient (Wildman–Crippen LogP) is 6.75. The summed E-state index contributed by atoms with van der Waals surface area (Å²) in [5.41, 5.74) is 3.60. The Morgan fingerprint density at radius 2 is 1.75 bits per heavy atom. The SMILES string of the molecule is Cc1cc2c(cnn2[C@@H](CC(C)C)c2ccc(C(=O)NCCC(O)O)cc2)cc1-c1ccc(C(F)(F)F)cc1Cl. The van der Waals surface area contributed by atoms with E-state index in [9.17, 15) is 18.0 Å². The van der Waals surface area contributed by atoms with Crippen molar-refractivity contribution in [3.8, 4) is 11.1 Å². The summed E-state index contributed by atoms with van der Waals surface area (Å²) < 4.78 is 41.3. The molecule has 10 heteroatoms. The third kappa shape index (κ3) is 6.66. The summed E-state index contributed by atoms with van der Waals surface area (Å²) in [7, 11) is 0. The van der Waals surface area contributed by atoms with Crippen molar-refractivity contribution in [2.45, 2.75) is 52.1 Å². The summed E-state index contributed by atoms with van der Waals surface area (Å²) in [6.07, 6.45) is -3.39. The molecule has 1 atom stereocenters.